The maximum Gasteiger partial charge on any atom is 0.227 e. The van der Waals surface area contributed by atoms with Crippen molar-refractivity contribution in [1.82, 2.24) is 9.97 Å². The third-order valence-electron chi connectivity index (χ3n) is 3.98. The van der Waals surface area contributed by atoms with E-state index in [2.05, 4.69) is 20.0 Å². The van der Waals surface area contributed by atoms with Crippen LogP contribution < -0.4 is 4.90 Å². The summed E-state index contributed by atoms with van der Waals surface area (Å²) in [6, 6.07) is 5.67. The van der Waals surface area contributed by atoms with Crippen molar-refractivity contribution >= 4 is 22.6 Å². The Hall–Kier alpha value is -2.66. The quantitative estimate of drug-likeness (QED) is 0.495. The van der Waals surface area contributed by atoms with Crippen molar-refractivity contribution in [3.8, 4) is 0 Å². The molecule has 1 amide bonds. The summed E-state index contributed by atoms with van der Waals surface area (Å²) in [6.07, 6.45) is 0.412. The fourth-order valence-corrected chi connectivity index (χ4v) is 2.69. The highest BCUT2D eigenvalue weighted by atomic mass is 16.2. The molecule has 1 unspecified atom stereocenters. The van der Waals surface area contributed by atoms with Crippen molar-refractivity contribution < 1.29 is 4.79 Å². The second-order valence-corrected chi connectivity index (χ2v) is 5.56. The number of rotatable bonds is 3. The van der Waals surface area contributed by atoms with Crippen molar-refractivity contribution in [2.75, 3.05) is 18.0 Å². The summed E-state index contributed by atoms with van der Waals surface area (Å²) >= 11 is 0. The highest BCUT2D eigenvalue weighted by molar-refractivity contribution is 5.97. The molecule has 0 aliphatic carbocycles. The second kappa shape index (κ2) is 5.61. The zero-order chi connectivity index (χ0) is 15.7. The Bertz CT molecular complexity index is 796. The minimum atomic E-state index is 0.0503. The fraction of sp³-hybridized carbons (Fsp3) is 0.400. The van der Waals surface area contributed by atoms with Gasteiger partial charge in [0.05, 0.1) is 22.4 Å². The summed E-state index contributed by atoms with van der Waals surface area (Å²) in [5.41, 5.74) is 12.6. The lowest BCUT2D eigenvalue weighted by molar-refractivity contribution is -0.117. The summed E-state index contributed by atoms with van der Waals surface area (Å²) in [5.74, 6) is 0.124. The minimum absolute atomic E-state index is 0.0503. The molecule has 1 aliphatic heterocycles. The van der Waals surface area contributed by atoms with Crippen LogP contribution in [0.5, 0.6) is 0 Å². The molecule has 112 valence electrons. The van der Waals surface area contributed by atoms with Gasteiger partial charge in [-0.1, -0.05) is 5.11 Å². The SMILES string of the molecule is Cc1nc2ccc(N3CC(CN=[N+]=[N-])CC3=O)cc2nc1C. The predicted octanol–water partition coefficient (Wildman–Crippen LogP) is 2.91. The number of aromatic nitrogens is 2. The van der Waals surface area contributed by atoms with Gasteiger partial charge in [-0.3, -0.25) is 4.79 Å². The molecule has 1 aromatic heterocycles. The topological polar surface area (TPSA) is 94.9 Å². The van der Waals surface area contributed by atoms with E-state index in [9.17, 15) is 4.79 Å². The molecular formula is C15H16N6O. The van der Waals surface area contributed by atoms with Gasteiger partial charge in [-0.15, -0.1) is 0 Å². The van der Waals surface area contributed by atoms with E-state index in [-0.39, 0.29) is 11.8 Å². The van der Waals surface area contributed by atoms with Crippen LogP contribution in [-0.4, -0.2) is 29.0 Å². The van der Waals surface area contributed by atoms with Gasteiger partial charge >= 0.3 is 0 Å². The molecule has 1 atom stereocenters. The number of amides is 1. The van der Waals surface area contributed by atoms with E-state index >= 15 is 0 Å². The third kappa shape index (κ3) is 2.58. The van der Waals surface area contributed by atoms with Crippen molar-refractivity contribution in [2.45, 2.75) is 20.3 Å². The van der Waals surface area contributed by atoms with Crippen LogP contribution in [0.4, 0.5) is 5.69 Å². The molecule has 1 fully saturated rings. The number of fused-ring (bicyclic) bond motifs is 1. The van der Waals surface area contributed by atoms with Gasteiger partial charge < -0.3 is 4.90 Å². The molecule has 0 N–H and O–H groups in total. The highest BCUT2D eigenvalue weighted by Gasteiger charge is 2.30. The number of nitrogens with zero attached hydrogens (tertiary/aromatic N) is 6. The van der Waals surface area contributed by atoms with Crippen molar-refractivity contribution in [3.63, 3.8) is 0 Å². The van der Waals surface area contributed by atoms with E-state index < -0.39 is 0 Å². The first-order chi connectivity index (χ1) is 10.6. The van der Waals surface area contributed by atoms with Crippen LogP contribution in [0.25, 0.3) is 21.5 Å². The van der Waals surface area contributed by atoms with Gasteiger partial charge in [-0.25, -0.2) is 9.97 Å². The number of aryl methyl sites for hydroxylation is 2. The highest BCUT2D eigenvalue weighted by Crippen LogP contribution is 2.27. The number of hydrogen-bond donors (Lipinski definition) is 0. The van der Waals surface area contributed by atoms with Gasteiger partial charge in [0.1, 0.15) is 0 Å². The molecule has 1 saturated heterocycles. The molecule has 3 rings (SSSR count). The normalized spacial score (nSPS) is 17.8. The Morgan fingerprint density at radius 2 is 2.05 bits per heavy atom. The first-order valence-electron chi connectivity index (χ1n) is 7.14. The van der Waals surface area contributed by atoms with Gasteiger partial charge in [-0.2, -0.15) is 0 Å². The van der Waals surface area contributed by atoms with Crippen LogP contribution in [0, 0.1) is 19.8 Å². The zero-order valence-corrected chi connectivity index (χ0v) is 12.5. The summed E-state index contributed by atoms with van der Waals surface area (Å²) in [6.45, 7) is 4.78. The average molecular weight is 296 g/mol. The largest absolute Gasteiger partial charge is 0.312 e. The molecule has 0 saturated carbocycles. The van der Waals surface area contributed by atoms with E-state index in [0.717, 1.165) is 28.1 Å². The standard InChI is InChI=1S/C15H16N6O/c1-9-10(2)19-14-6-12(3-4-13(14)18-9)21-8-11(5-15(21)22)7-17-20-16/h3-4,6,11H,5,7-8H2,1-2H3. The predicted molar refractivity (Wildman–Crippen MR) is 83.5 cm³/mol. The molecule has 1 aromatic carbocycles. The molecule has 2 aromatic rings. The molecular weight excluding hydrogens is 280 g/mol. The molecule has 0 radical (unpaired) electrons. The minimum Gasteiger partial charge on any atom is -0.312 e. The van der Waals surface area contributed by atoms with E-state index in [4.69, 9.17) is 5.53 Å². The number of azide groups is 1. The van der Waals surface area contributed by atoms with Crippen LogP contribution in [0.2, 0.25) is 0 Å². The van der Waals surface area contributed by atoms with Crippen molar-refractivity contribution in [1.29, 1.82) is 0 Å². The van der Waals surface area contributed by atoms with Crippen molar-refractivity contribution in [3.05, 3.63) is 40.0 Å². The van der Waals surface area contributed by atoms with E-state index in [1.54, 1.807) is 4.90 Å². The molecule has 0 spiro atoms. The first-order valence-corrected chi connectivity index (χ1v) is 7.14. The maximum atomic E-state index is 12.2. The lowest BCUT2D eigenvalue weighted by Gasteiger charge is -2.17. The summed E-state index contributed by atoms with van der Waals surface area (Å²) < 4.78 is 0. The van der Waals surface area contributed by atoms with Gasteiger partial charge in [0.15, 0.2) is 0 Å². The van der Waals surface area contributed by atoms with E-state index in [1.165, 1.54) is 0 Å². The number of anilines is 1. The van der Waals surface area contributed by atoms with Crippen molar-refractivity contribution in [2.24, 2.45) is 11.0 Å². The molecule has 1 aliphatic rings. The zero-order valence-electron chi connectivity index (χ0n) is 12.5. The Morgan fingerprint density at radius 3 is 2.77 bits per heavy atom. The first kappa shape index (κ1) is 14.3. The molecule has 22 heavy (non-hydrogen) atoms. The third-order valence-corrected chi connectivity index (χ3v) is 3.98. The molecule has 2 heterocycles. The van der Waals surface area contributed by atoms with E-state index in [1.807, 2.05) is 32.0 Å². The number of carbonyl (C=O) groups excluding carboxylic acids is 1. The number of benzene rings is 1. The Balaban J connectivity index is 1.91. The van der Waals surface area contributed by atoms with Crippen LogP contribution in [0.1, 0.15) is 17.8 Å². The van der Waals surface area contributed by atoms with Crippen LogP contribution in [-0.2, 0) is 4.79 Å². The number of carbonyl (C=O) groups is 1. The average Bonchev–Trinajstić information content (AvgIpc) is 2.87. The monoisotopic (exact) mass is 296 g/mol. The lowest BCUT2D eigenvalue weighted by Crippen LogP contribution is -2.24. The van der Waals surface area contributed by atoms with E-state index in [0.29, 0.717) is 19.5 Å². The van der Waals surface area contributed by atoms with Gasteiger partial charge in [0.2, 0.25) is 5.91 Å². The molecule has 0 bridgehead atoms. The Kier molecular flexibility index (Phi) is 3.65. The van der Waals surface area contributed by atoms with Crippen LogP contribution >= 0.6 is 0 Å². The molecule has 7 nitrogen and oxygen atoms in total. The van der Waals surface area contributed by atoms with Gasteiger partial charge in [-0.05, 0) is 43.5 Å². The molecule has 7 heteroatoms. The second-order valence-electron chi connectivity index (χ2n) is 5.56. The summed E-state index contributed by atoms with van der Waals surface area (Å²) in [7, 11) is 0. The summed E-state index contributed by atoms with van der Waals surface area (Å²) in [4.78, 5) is 25.7. The summed E-state index contributed by atoms with van der Waals surface area (Å²) in [5, 5.41) is 3.57. The maximum absolute atomic E-state index is 12.2. The smallest absolute Gasteiger partial charge is 0.227 e. The number of hydrogen-bond acceptors (Lipinski definition) is 4. The Morgan fingerprint density at radius 1 is 1.32 bits per heavy atom. The van der Waals surface area contributed by atoms with Gasteiger partial charge in [0, 0.05) is 30.1 Å². The fourth-order valence-electron chi connectivity index (χ4n) is 2.69. The Labute approximate surface area is 127 Å². The van der Waals surface area contributed by atoms with Crippen LogP contribution in [0.15, 0.2) is 23.3 Å². The van der Waals surface area contributed by atoms with Crippen LogP contribution in [0.3, 0.4) is 0 Å². The van der Waals surface area contributed by atoms with Gasteiger partial charge in [0.25, 0.3) is 0 Å². The lowest BCUT2D eigenvalue weighted by atomic mass is 10.1.